The Kier molecular flexibility index (Phi) is 6.42. The lowest BCUT2D eigenvalue weighted by Crippen LogP contribution is -2.35. The number of carbonyl (C=O) groups excluding carboxylic acids is 1. The fraction of sp³-hybridized carbons (Fsp3) is 0.917. The molecule has 4 heteroatoms. The summed E-state index contributed by atoms with van der Waals surface area (Å²) in [6, 6.07) is 0. The third-order valence-electron chi connectivity index (χ3n) is 2.55. The van der Waals surface area contributed by atoms with Gasteiger partial charge in [-0.15, -0.1) is 0 Å². The molecule has 0 radical (unpaired) electrons. The molecular weight excluding hydrogens is 206 g/mol. The highest BCUT2D eigenvalue weighted by Crippen LogP contribution is 2.11. The topological polar surface area (TPSA) is 47.6 Å². The summed E-state index contributed by atoms with van der Waals surface area (Å²) in [4.78, 5) is 11.6. The molecule has 0 saturated carbocycles. The maximum absolute atomic E-state index is 11.6. The van der Waals surface area contributed by atoms with Gasteiger partial charge in [0, 0.05) is 13.2 Å². The van der Waals surface area contributed by atoms with Crippen LogP contribution in [0.5, 0.6) is 0 Å². The Morgan fingerprint density at radius 1 is 1.44 bits per heavy atom. The SMILES string of the molecule is CC(C)COCCOC(=O)C1CCCNC1. The molecule has 1 fully saturated rings. The average molecular weight is 229 g/mol. The molecule has 0 aromatic heterocycles. The monoisotopic (exact) mass is 229 g/mol. The molecule has 0 aromatic carbocycles. The van der Waals surface area contributed by atoms with Crippen molar-refractivity contribution in [3.05, 3.63) is 0 Å². The molecule has 0 aromatic rings. The third-order valence-corrected chi connectivity index (χ3v) is 2.55. The van der Waals surface area contributed by atoms with Gasteiger partial charge in [-0.3, -0.25) is 4.79 Å². The smallest absolute Gasteiger partial charge is 0.310 e. The van der Waals surface area contributed by atoms with Gasteiger partial charge in [0.1, 0.15) is 6.61 Å². The number of carbonyl (C=O) groups is 1. The van der Waals surface area contributed by atoms with Gasteiger partial charge < -0.3 is 14.8 Å². The fourth-order valence-electron chi connectivity index (χ4n) is 1.69. The fourth-order valence-corrected chi connectivity index (χ4v) is 1.69. The zero-order valence-corrected chi connectivity index (χ0v) is 10.3. The van der Waals surface area contributed by atoms with E-state index < -0.39 is 0 Å². The van der Waals surface area contributed by atoms with Crippen LogP contribution in [0.2, 0.25) is 0 Å². The van der Waals surface area contributed by atoms with E-state index in [1.165, 1.54) is 0 Å². The van der Waals surface area contributed by atoms with Crippen LogP contribution in [0.15, 0.2) is 0 Å². The zero-order valence-electron chi connectivity index (χ0n) is 10.3. The number of esters is 1. The van der Waals surface area contributed by atoms with Gasteiger partial charge in [-0.1, -0.05) is 13.8 Å². The summed E-state index contributed by atoms with van der Waals surface area (Å²) in [6.45, 7) is 7.57. The highest BCUT2D eigenvalue weighted by atomic mass is 16.6. The van der Waals surface area contributed by atoms with E-state index in [9.17, 15) is 4.79 Å². The number of rotatable bonds is 6. The Morgan fingerprint density at radius 2 is 2.25 bits per heavy atom. The number of nitrogens with one attached hydrogen (secondary N) is 1. The summed E-state index contributed by atoms with van der Waals surface area (Å²) in [5.41, 5.74) is 0. The Labute approximate surface area is 97.7 Å². The quantitative estimate of drug-likeness (QED) is 0.549. The summed E-state index contributed by atoms with van der Waals surface area (Å²) in [5.74, 6) is 0.484. The van der Waals surface area contributed by atoms with Crippen LogP contribution in [0, 0.1) is 11.8 Å². The molecule has 1 rings (SSSR count). The van der Waals surface area contributed by atoms with E-state index in [1.54, 1.807) is 0 Å². The predicted octanol–water partition coefficient (Wildman–Crippen LogP) is 1.20. The molecule has 1 aliphatic heterocycles. The van der Waals surface area contributed by atoms with Crippen molar-refractivity contribution in [1.29, 1.82) is 0 Å². The summed E-state index contributed by atoms with van der Waals surface area (Å²) in [5, 5.41) is 3.20. The van der Waals surface area contributed by atoms with Gasteiger partial charge in [0.2, 0.25) is 0 Å². The largest absolute Gasteiger partial charge is 0.463 e. The molecule has 4 nitrogen and oxygen atoms in total. The van der Waals surface area contributed by atoms with Crippen LogP contribution in [0.25, 0.3) is 0 Å². The first-order chi connectivity index (χ1) is 7.70. The van der Waals surface area contributed by atoms with E-state index >= 15 is 0 Å². The molecule has 0 aliphatic carbocycles. The molecule has 1 atom stereocenters. The van der Waals surface area contributed by atoms with Crippen LogP contribution >= 0.6 is 0 Å². The molecule has 1 unspecified atom stereocenters. The zero-order chi connectivity index (χ0) is 11.8. The van der Waals surface area contributed by atoms with E-state index in [4.69, 9.17) is 9.47 Å². The Bertz CT molecular complexity index is 200. The molecule has 16 heavy (non-hydrogen) atoms. The lowest BCUT2D eigenvalue weighted by Gasteiger charge is -2.21. The van der Waals surface area contributed by atoms with Crippen LogP contribution in [0.4, 0.5) is 0 Å². The minimum atomic E-state index is -0.0830. The molecule has 1 aliphatic rings. The number of ether oxygens (including phenoxy) is 2. The normalized spacial score (nSPS) is 21.1. The number of piperidine rings is 1. The van der Waals surface area contributed by atoms with Gasteiger partial charge in [0.25, 0.3) is 0 Å². The van der Waals surface area contributed by atoms with Crippen molar-refractivity contribution in [2.75, 3.05) is 32.9 Å². The minimum absolute atomic E-state index is 0.0406. The minimum Gasteiger partial charge on any atom is -0.463 e. The second kappa shape index (κ2) is 7.63. The van der Waals surface area contributed by atoms with Crippen LogP contribution in [0.1, 0.15) is 26.7 Å². The van der Waals surface area contributed by atoms with Crippen molar-refractivity contribution in [1.82, 2.24) is 5.32 Å². The maximum atomic E-state index is 11.6. The third kappa shape index (κ3) is 5.47. The van der Waals surface area contributed by atoms with Crippen molar-refractivity contribution in [3.8, 4) is 0 Å². The second-order valence-electron chi connectivity index (χ2n) is 4.68. The Morgan fingerprint density at radius 3 is 2.88 bits per heavy atom. The van der Waals surface area contributed by atoms with Crippen LogP contribution in [-0.4, -0.2) is 38.9 Å². The lowest BCUT2D eigenvalue weighted by atomic mass is 10.0. The second-order valence-corrected chi connectivity index (χ2v) is 4.68. The van der Waals surface area contributed by atoms with Gasteiger partial charge >= 0.3 is 5.97 Å². The predicted molar refractivity (Wildman–Crippen MR) is 62.2 cm³/mol. The maximum Gasteiger partial charge on any atom is 0.310 e. The highest BCUT2D eigenvalue weighted by molar-refractivity contribution is 5.72. The first kappa shape index (κ1) is 13.5. The molecule has 1 heterocycles. The molecule has 0 spiro atoms. The summed E-state index contributed by atoms with van der Waals surface area (Å²) in [6.07, 6.45) is 2.00. The van der Waals surface area contributed by atoms with Crippen LogP contribution < -0.4 is 5.32 Å². The molecule has 1 saturated heterocycles. The van der Waals surface area contributed by atoms with Gasteiger partial charge in [-0.2, -0.15) is 0 Å². The Balaban J connectivity index is 2.01. The van der Waals surface area contributed by atoms with Gasteiger partial charge in [0.15, 0.2) is 0 Å². The van der Waals surface area contributed by atoms with E-state index in [1.807, 2.05) is 0 Å². The summed E-state index contributed by atoms with van der Waals surface area (Å²) >= 11 is 0. The van der Waals surface area contributed by atoms with E-state index in [0.717, 1.165) is 32.5 Å². The number of hydrogen-bond acceptors (Lipinski definition) is 4. The van der Waals surface area contributed by atoms with Crippen molar-refractivity contribution in [2.45, 2.75) is 26.7 Å². The van der Waals surface area contributed by atoms with Crippen molar-refractivity contribution >= 4 is 5.97 Å². The van der Waals surface area contributed by atoms with Gasteiger partial charge in [-0.25, -0.2) is 0 Å². The van der Waals surface area contributed by atoms with E-state index in [2.05, 4.69) is 19.2 Å². The standard InChI is InChI=1S/C12H23NO3/c1-10(2)9-15-6-7-16-12(14)11-4-3-5-13-8-11/h10-11,13H,3-9H2,1-2H3. The van der Waals surface area contributed by atoms with Crippen LogP contribution in [-0.2, 0) is 14.3 Å². The molecule has 94 valence electrons. The molecule has 1 N–H and O–H groups in total. The first-order valence-electron chi connectivity index (χ1n) is 6.15. The van der Waals surface area contributed by atoms with Crippen molar-refractivity contribution in [2.24, 2.45) is 11.8 Å². The highest BCUT2D eigenvalue weighted by Gasteiger charge is 2.21. The summed E-state index contributed by atoms with van der Waals surface area (Å²) < 4.78 is 10.5. The molecular formula is C12H23NO3. The van der Waals surface area contributed by atoms with Crippen LogP contribution in [0.3, 0.4) is 0 Å². The molecule has 0 amide bonds. The van der Waals surface area contributed by atoms with Gasteiger partial charge in [0.05, 0.1) is 12.5 Å². The molecule has 0 bridgehead atoms. The first-order valence-corrected chi connectivity index (χ1v) is 6.15. The Hall–Kier alpha value is -0.610. The average Bonchev–Trinajstić information content (AvgIpc) is 2.29. The number of hydrogen-bond donors (Lipinski definition) is 1. The summed E-state index contributed by atoms with van der Waals surface area (Å²) in [7, 11) is 0. The van der Waals surface area contributed by atoms with E-state index in [-0.39, 0.29) is 11.9 Å². The van der Waals surface area contributed by atoms with Crippen molar-refractivity contribution < 1.29 is 14.3 Å². The van der Waals surface area contributed by atoms with Crippen molar-refractivity contribution in [3.63, 3.8) is 0 Å². The van der Waals surface area contributed by atoms with E-state index in [0.29, 0.717) is 19.1 Å². The lowest BCUT2D eigenvalue weighted by molar-refractivity contribution is -0.150. The van der Waals surface area contributed by atoms with Gasteiger partial charge in [-0.05, 0) is 25.3 Å².